The summed E-state index contributed by atoms with van der Waals surface area (Å²) in [6.07, 6.45) is 1.13. The molecule has 0 amide bonds. The van der Waals surface area contributed by atoms with Gasteiger partial charge in [0.25, 0.3) is 0 Å². The van der Waals surface area contributed by atoms with Crippen molar-refractivity contribution in [1.29, 1.82) is 0 Å². The van der Waals surface area contributed by atoms with Crippen molar-refractivity contribution >= 4 is 5.97 Å². The molecular weight excluding hydrogens is 312 g/mol. The average Bonchev–Trinajstić information content (AvgIpc) is 2.64. The number of aromatic carboxylic acids is 1. The lowest BCUT2D eigenvalue weighted by Gasteiger charge is -2.10. The first-order valence-corrected chi connectivity index (χ1v) is 8.19. The number of hydrogen-bond acceptors (Lipinski definition) is 2. The van der Waals surface area contributed by atoms with Gasteiger partial charge in [-0.15, -0.1) is 0 Å². The Kier molecular flexibility index (Phi) is 7.41. The summed E-state index contributed by atoms with van der Waals surface area (Å²) in [4.78, 5) is 10.2. The van der Waals surface area contributed by atoms with Crippen molar-refractivity contribution in [3.8, 4) is 0 Å². The van der Waals surface area contributed by atoms with E-state index in [-0.39, 0.29) is 6.10 Å². The summed E-state index contributed by atoms with van der Waals surface area (Å²) in [5, 5.41) is 18.3. The summed E-state index contributed by atoms with van der Waals surface area (Å²) < 4.78 is 0. The highest BCUT2D eigenvalue weighted by molar-refractivity contribution is 5.87. The van der Waals surface area contributed by atoms with Crippen molar-refractivity contribution in [3.63, 3.8) is 0 Å². The molecular formula is C22H22O3. The van der Waals surface area contributed by atoms with Gasteiger partial charge in [-0.3, -0.25) is 0 Å². The second-order valence-electron chi connectivity index (χ2n) is 5.70. The van der Waals surface area contributed by atoms with Crippen LogP contribution in [0.1, 0.15) is 21.5 Å². The van der Waals surface area contributed by atoms with Crippen LogP contribution in [-0.2, 0) is 12.8 Å². The number of rotatable bonds is 5. The maximum Gasteiger partial charge on any atom is 0.335 e. The summed E-state index contributed by atoms with van der Waals surface area (Å²) in [5.41, 5.74) is 2.70. The van der Waals surface area contributed by atoms with Crippen LogP contribution in [0.4, 0.5) is 0 Å². The van der Waals surface area contributed by atoms with E-state index in [0.29, 0.717) is 5.56 Å². The largest absolute Gasteiger partial charge is 0.478 e. The van der Waals surface area contributed by atoms with Gasteiger partial charge in [0.15, 0.2) is 0 Å². The molecule has 2 N–H and O–H groups in total. The van der Waals surface area contributed by atoms with E-state index in [1.807, 2.05) is 60.7 Å². The Labute approximate surface area is 148 Å². The van der Waals surface area contributed by atoms with Crippen LogP contribution in [-0.4, -0.2) is 22.3 Å². The first kappa shape index (κ1) is 18.4. The lowest BCUT2D eigenvalue weighted by atomic mass is 10.0. The minimum atomic E-state index is -0.879. The summed E-state index contributed by atoms with van der Waals surface area (Å²) in [6, 6.07) is 28.5. The number of carboxylic acid groups (broad SMARTS) is 1. The minimum absolute atomic E-state index is 0.301. The molecule has 3 rings (SSSR count). The lowest BCUT2D eigenvalue weighted by Crippen LogP contribution is -2.13. The van der Waals surface area contributed by atoms with E-state index < -0.39 is 5.97 Å². The summed E-state index contributed by atoms with van der Waals surface area (Å²) in [7, 11) is 0. The average molecular weight is 334 g/mol. The number of aliphatic hydroxyl groups is 1. The Balaban J connectivity index is 0.000000212. The monoisotopic (exact) mass is 334 g/mol. The Morgan fingerprint density at radius 2 is 1.04 bits per heavy atom. The molecule has 0 aliphatic rings. The molecule has 0 saturated heterocycles. The minimum Gasteiger partial charge on any atom is -0.478 e. The number of benzene rings is 3. The Hall–Kier alpha value is -2.91. The van der Waals surface area contributed by atoms with Gasteiger partial charge in [-0.25, -0.2) is 4.79 Å². The summed E-state index contributed by atoms with van der Waals surface area (Å²) in [6.45, 7) is 0. The van der Waals surface area contributed by atoms with Crippen molar-refractivity contribution in [2.45, 2.75) is 18.9 Å². The van der Waals surface area contributed by atoms with Crippen molar-refractivity contribution in [2.75, 3.05) is 0 Å². The maximum absolute atomic E-state index is 10.2. The molecule has 0 fully saturated rings. The fraction of sp³-hybridized carbons (Fsp3) is 0.136. The van der Waals surface area contributed by atoms with Crippen LogP contribution in [0.25, 0.3) is 0 Å². The molecule has 0 saturated carbocycles. The highest BCUT2D eigenvalue weighted by atomic mass is 16.4. The van der Waals surface area contributed by atoms with Crippen LogP contribution in [0.15, 0.2) is 91.0 Å². The highest BCUT2D eigenvalue weighted by Gasteiger charge is 2.06. The van der Waals surface area contributed by atoms with Crippen molar-refractivity contribution < 1.29 is 15.0 Å². The van der Waals surface area contributed by atoms with Crippen LogP contribution >= 0.6 is 0 Å². The van der Waals surface area contributed by atoms with E-state index in [4.69, 9.17) is 5.11 Å². The standard InChI is InChI=1S/C15H16O.C7H6O2/c16-15(11-13-7-3-1-4-8-13)12-14-9-5-2-6-10-14;8-7(9)6-4-2-1-3-5-6/h1-10,15-16H,11-12H2;1-5H,(H,8,9). The quantitative estimate of drug-likeness (QED) is 0.734. The molecule has 0 radical (unpaired) electrons. The van der Waals surface area contributed by atoms with Gasteiger partial charge in [-0.1, -0.05) is 78.9 Å². The van der Waals surface area contributed by atoms with Crippen LogP contribution in [0.5, 0.6) is 0 Å². The van der Waals surface area contributed by atoms with Gasteiger partial charge in [0.2, 0.25) is 0 Å². The van der Waals surface area contributed by atoms with Crippen LogP contribution in [0.3, 0.4) is 0 Å². The second-order valence-corrected chi connectivity index (χ2v) is 5.70. The maximum atomic E-state index is 10.2. The second kappa shape index (κ2) is 10.1. The van der Waals surface area contributed by atoms with Crippen molar-refractivity contribution in [2.24, 2.45) is 0 Å². The SMILES string of the molecule is O=C(O)c1ccccc1.OC(Cc1ccccc1)Cc1ccccc1. The number of aliphatic hydroxyl groups excluding tert-OH is 1. The first-order valence-electron chi connectivity index (χ1n) is 8.19. The summed E-state index contributed by atoms with van der Waals surface area (Å²) >= 11 is 0. The van der Waals surface area contributed by atoms with E-state index >= 15 is 0 Å². The van der Waals surface area contributed by atoms with Crippen LogP contribution in [0.2, 0.25) is 0 Å². The molecule has 3 aromatic carbocycles. The third-order valence-corrected chi connectivity index (χ3v) is 3.65. The van der Waals surface area contributed by atoms with Crippen molar-refractivity contribution in [3.05, 3.63) is 108 Å². The third-order valence-electron chi connectivity index (χ3n) is 3.65. The van der Waals surface area contributed by atoms with Gasteiger partial charge in [0.1, 0.15) is 0 Å². The highest BCUT2D eigenvalue weighted by Crippen LogP contribution is 2.08. The van der Waals surface area contributed by atoms with E-state index in [9.17, 15) is 9.90 Å². The molecule has 3 nitrogen and oxygen atoms in total. The van der Waals surface area contributed by atoms with Gasteiger partial charge in [-0.2, -0.15) is 0 Å². The fourth-order valence-electron chi connectivity index (χ4n) is 2.43. The predicted octanol–water partition coefficient (Wildman–Crippen LogP) is 4.22. The van der Waals surface area contributed by atoms with Crippen LogP contribution in [0, 0.1) is 0 Å². The lowest BCUT2D eigenvalue weighted by molar-refractivity contribution is 0.0697. The summed E-state index contributed by atoms with van der Waals surface area (Å²) in [5.74, 6) is -0.879. The molecule has 0 unspecified atom stereocenters. The van der Waals surface area contributed by atoms with Crippen LogP contribution < -0.4 is 0 Å². The molecule has 0 spiro atoms. The van der Waals surface area contributed by atoms with Gasteiger partial charge >= 0.3 is 5.97 Å². The fourth-order valence-corrected chi connectivity index (χ4v) is 2.43. The molecule has 0 heterocycles. The van der Waals surface area contributed by atoms with Gasteiger partial charge in [0.05, 0.1) is 11.7 Å². The number of carboxylic acids is 1. The predicted molar refractivity (Wildman–Crippen MR) is 99.7 cm³/mol. The van der Waals surface area contributed by atoms with Gasteiger partial charge in [0, 0.05) is 0 Å². The normalized spacial score (nSPS) is 10.0. The van der Waals surface area contributed by atoms with E-state index in [1.165, 1.54) is 11.1 Å². The topological polar surface area (TPSA) is 57.5 Å². The molecule has 0 bridgehead atoms. The number of hydrogen-bond donors (Lipinski definition) is 2. The zero-order chi connectivity index (χ0) is 17.9. The Morgan fingerprint density at radius 3 is 1.36 bits per heavy atom. The molecule has 128 valence electrons. The molecule has 0 aliphatic carbocycles. The van der Waals surface area contributed by atoms with E-state index in [1.54, 1.807) is 30.3 Å². The van der Waals surface area contributed by atoms with Crippen molar-refractivity contribution in [1.82, 2.24) is 0 Å². The van der Waals surface area contributed by atoms with E-state index in [2.05, 4.69) is 0 Å². The third kappa shape index (κ3) is 7.02. The van der Waals surface area contributed by atoms with Gasteiger partial charge in [-0.05, 0) is 36.1 Å². The zero-order valence-corrected chi connectivity index (χ0v) is 14.0. The van der Waals surface area contributed by atoms with E-state index in [0.717, 1.165) is 12.8 Å². The molecule has 0 aliphatic heterocycles. The number of carbonyl (C=O) groups is 1. The van der Waals surface area contributed by atoms with Gasteiger partial charge < -0.3 is 10.2 Å². The molecule has 3 heteroatoms. The Morgan fingerprint density at radius 1 is 0.680 bits per heavy atom. The molecule has 0 aromatic heterocycles. The molecule has 3 aromatic rings. The molecule has 0 atom stereocenters. The zero-order valence-electron chi connectivity index (χ0n) is 14.0. The Bertz CT molecular complexity index is 699. The smallest absolute Gasteiger partial charge is 0.335 e. The molecule has 25 heavy (non-hydrogen) atoms. The first-order chi connectivity index (χ1) is 12.1.